The molecule has 0 atom stereocenters. The molecule has 162 valence electrons. The first-order valence-electron chi connectivity index (χ1n) is 12.0. The summed E-state index contributed by atoms with van der Waals surface area (Å²) in [7, 11) is 0.935. The standard InChI is InChI=1S/C29H36OSi/c1-3-5-7-8-22-30-28-18-14-26(15-19-28)24-10-12-25(13-11-24)27-16-20-29(21-17-27)31-23-9-6-4-2/h10-21H,3-9,22-23H2,1-2H3. The Morgan fingerprint density at radius 1 is 0.548 bits per heavy atom. The highest BCUT2D eigenvalue weighted by atomic mass is 28.2. The molecule has 3 rings (SSSR count). The van der Waals surface area contributed by atoms with Gasteiger partial charge in [-0.15, -0.1) is 0 Å². The van der Waals surface area contributed by atoms with Gasteiger partial charge in [0.25, 0.3) is 0 Å². The van der Waals surface area contributed by atoms with Crippen molar-refractivity contribution in [1.29, 1.82) is 0 Å². The van der Waals surface area contributed by atoms with Crippen molar-refractivity contribution in [2.45, 2.75) is 64.8 Å². The fourth-order valence-electron chi connectivity index (χ4n) is 3.71. The van der Waals surface area contributed by atoms with Gasteiger partial charge in [-0.3, -0.25) is 0 Å². The van der Waals surface area contributed by atoms with Crippen molar-refractivity contribution >= 4 is 14.7 Å². The van der Waals surface area contributed by atoms with Crippen LogP contribution >= 0.6 is 0 Å². The van der Waals surface area contributed by atoms with Crippen LogP contribution in [0.5, 0.6) is 5.75 Å². The maximum Gasteiger partial charge on any atom is 0.119 e. The van der Waals surface area contributed by atoms with E-state index in [1.54, 1.807) is 0 Å². The second-order valence-corrected chi connectivity index (χ2v) is 9.65. The van der Waals surface area contributed by atoms with Gasteiger partial charge >= 0.3 is 0 Å². The summed E-state index contributed by atoms with van der Waals surface area (Å²) < 4.78 is 5.87. The summed E-state index contributed by atoms with van der Waals surface area (Å²) in [6, 6.07) is 27.8. The topological polar surface area (TPSA) is 9.23 Å². The first-order chi connectivity index (χ1) is 15.3. The summed E-state index contributed by atoms with van der Waals surface area (Å²) in [6.45, 7) is 5.31. The summed E-state index contributed by atoms with van der Waals surface area (Å²) in [5.41, 5.74) is 5.04. The third-order valence-electron chi connectivity index (χ3n) is 5.67. The molecular weight excluding hydrogens is 392 g/mol. The van der Waals surface area contributed by atoms with Gasteiger partial charge in [-0.2, -0.15) is 0 Å². The molecular formula is C29H36OSi. The SMILES string of the molecule is CCCCCCOc1ccc(-c2ccc(-c3ccc([Si]CCCCC)cc3)cc2)cc1. The zero-order valence-electron chi connectivity index (χ0n) is 19.2. The molecule has 0 spiro atoms. The second-order valence-electron chi connectivity index (χ2n) is 8.22. The van der Waals surface area contributed by atoms with Gasteiger partial charge < -0.3 is 4.74 Å². The maximum atomic E-state index is 5.87. The summed E-state index contributed by atoms with van der Waals surface area (Å²) in [5, 5.41) is 1.48. The summed E-state index contributed by atoms with van der Waals surface area (Å²) in [4.78, 5) is 0. The minimum Gasteiger partial charge on any atom is -0.494 e. The average molecular weight is 429 g/mol. The normalized spacial score (nSPS) is 10.9. The lowest BCUT2D eigenvalue weighted by Gasteiger charge is -2.09. The number of hydrogen-bond donors (Lipinski definition) is 0. The van der Waals surface area contributed by atoms with Gasteiger partial charge in [-0.05, 0) is 40.8 Å². The van der Waals surface area contributed by atoms with Crippen LogP contribution < -0.4 is 9.92 Å². The number of unbranched alkanes of at least 4 members (excludes halogenated alkanes) is 5. The van der Waals surface area contributed by atoms with E-state index in [-0.39, 0.29) is 0 Å². The molecule has 0 fully saturated rings. The van der Waals surface area contributed by atoms with Crippen molar-refractivity contribution in [3.63, 3.8) is 0 Å². The molecule has 3 aromatic carbocycles. The molecule has 0 N–H and O–H groups in total. The Kier molecular flexibility index (Phi) is 9.91. The quantitative estimate of drug-likeness (QED) is 0.198. The minimum absolute atomic E-state index is 0.812. The Labute approximate surface area is 191 Å². The van der Waals surface area contributed by atoms with E-state index in [0.29, 0.717) is 0 Å². The van der Waals surface area contributed by atoms with E-state index in [2.05, 4.69) is 86.6 Å². The van der Waals surface area contributed by atoms with Crippen LogP contribution in [0.3, 0.4) is 0 Å². The van der Waals surface area contributed by atoms with Crippen LogP contribution in [0.1, 0.15) is 58.8 Å². The number of hydrogen-bond acceptors (Lipinski definition) is 1. The molecule has 0 saturated heterocycles. The van der Waals surface area contributed by atoms with Crippen LogP contribution in [0.15, 0.2) is 72.8 Å². The second kappa shape index (κ2) is 13.2. The molecule has 0 aliphatic heterocycles. The van der Waals surface area contributed by atoms with Gasteiger partial charge in [0, 0.05) is 0 Å². The zero-order chi connectivity index (χ0) is 21.7. The largest absolute Gasteiger partial charge is 0.494 e. The third-order valence-corrected chi connectivity index (χ3v) is 7.01. The predicted octanol–water partition coefficient (Wildman–Crippen LogP) is 7.92. The number of ether oxygens (including phenoxy) is 1. The van der Waals surface area contributed by atoms with E-state index >= 15 is 0 Å². The van der Waals surface area contributed by atoms with Crippen LogP contribution in [0, 0.1) is 0 Å². The zero-order valence-corrected chi connectivity index (χ0v) is 20.2. The molecule has 0 aliphatic rings. The van der Waals surface area contributed by atoms with Crippen LogP contribution in [0.4, 0.5) is 0 Å². The van der Waals surface area contributed by atoms with E-state index in [1.165, 1.54) is 72.0 Å². The first-order valence-corrected chi connectivity index (χ1v) is 13.2. The molecule has 0 amide bonds. The number of rotatable bonds is 13. The van der Waals surface area contributed by atoms with E-state index < -0.39 is 0 Å². The summed E-state index contributed by atoms with van der Waals surface area (Å²) >= 11 is 0. The van der Waals surface area contributed by atoms with Crippen LogP contribution in [0.2, 0.25) is 6.04 Å². The van der Waals surface area contributed by atoms with Gasteiger partial charge in [-0.25, -0.2) is 0 Å². The van der Waals surface area contributed by atoms with Crippen molar-refractivity contribution in [2.24, 2.45) is 0 Å². The van der Waals surface area contributed by atoms with Crippen molar-refractivity contribution in [2.75, 3.05) is 6.61 Å². The Hall–Kier alpha value is -2.32. The molecule has 1 nitrogen and oxygen atoms in total. The molecule has 0 bridgehead atoms. The summed E-state index contributed by atoms with van der Waals surface area (Å²) in [5.74, 6) is 0.965. The Morgan fingerprint density at radius 2 is 1.03 bits per heavy atom. The van der Waals surface area contributed by atoms with Gasteiger partial charge in [0.1, 0.15) is 5.75 Å². The van der Waals surface area contributed by atoms with Crippen LogP contribution in [-0.2, 0) is 0 Å². The van der Waals surface area contributed by atoms with Crippen molar-refractivity contribution < 1.29 is 4.74 Å². The highest BCUT2D eigenvalue weighted by Gasteiger charge is 2.03. The van der Waals surface area contributed by atoms with E-state index in [1.807, 2.05) is 0 Å². The van der Waals surface area contributed by atoms with E-state index in [4.69, 9.17) is 4.74 Å². The first kappa shape index (κ1) is 23.3. The molecule has 0 heterocycles. The fraction of sp³-hybridized carbons (Fsp3) is 0.379. The van der Waals surface area contributed by atoms with E-state index in [0.717, 1.165) is 28.3 Å². The number of benzene rings is 3. The van der Waals surface area contributed by atoms with Crippen molar-refractivity contribution in [3.8, 4) is 28.0 Å². The van der Waals surface area contributed by atoms with Crippen molar-refractivity contribution in [3.05, 3.63) is 72.8 Å². The lowest BCUT2D eigenvalue weighted by Crippen LogP contribution is -2.12. The molecule has 3 aromatic rings. The molecule has 0 saturated carbocycles. The van der Waals surface area contributed by atoms with Gasteiger partial charge in [0.2, 0.25) is 0 Å². The van der Waals surface area contributed by atoms with Gasteiger partial charge in [0.05, 0.1) is 16.1 Å². The average Bonchev–Trinajstić information content (AvgIpc) is 2.83. The highest BCUT2D eigenvalue weighted by Crippen LogP contribution is 2.26. The Bertz CT molecular complexity index is 866. The van der Waals surface area contributed by atoms with Crippen LogP contribution in [-0.4, -0.2) is 16.1 Å². The van der Waals surface area contributed by atoms with Crippen molar-refractivity contribution in [1.82, 2.24) is 0 Å². The fourth-order valence-corrected chi connectivity index (χ4v) is 4.82. The molecule has 0 unspecified atom stereocenters. The molecule has 0 aromatic heterocycles. The summed E-state index contributed by atoms with van der Waals surface area (Å²) in [6.07, 6.45) is 8.95. The lowest BCUT2D eigenvalue weighted by atomic mass is 10.0. The molecule has 2 heteroatoms. The van der Waals surface area contributed by atoms with Gasteiger partial charge in [-0.1, -0.05) is 124 Å². The van der Waals surface area contributed by atoms with Gasteiger partial charge in [0.15, 0.2) is 0 Å². The van der Waals surface area contributed by atoms with Crippen LogP contribution in [0.25, 0.3) is 22.3 Å². The Morgan fingerprint density at radius 3 is 1.58 bits per heavy atom. The maximum absolute atomic E-state index is 5.87. The molecule has 0 aliphatic carbocycles. The third kappa shape index (κ3) is 7.70. The molecule has 2 radical (unpaired) electrons. The van der Waals surface area contributed by atoms with E-state index in [9.17, 15) is 0 Å². The Balaban J connectivity index is 1.53. The highest BCUT2D eigenvalue weighted by molar-refractivity contribution is 6.53. The lowest BCUT2D eigenvalue weighted by molar-refractivity contribution is 0.305. The predicted molar refractivity (Wildman–Crippen MR) is 137 cm³/mol. The smallest absolute Gasteiger partial charge is 0.119 e. The molecule has 31 heavy (non-hydrogen) atoms. The minimum atomic E-state index is 0.812. The monoisotopic (exact) mass is 428 g/mol.